The van der Waals surface area contributed by atoms with E-state index in [2.05, 4.69) is 16.9 Å². The predicted molar refractivity (Wildman–Crippen MR) is 23.3 cm³/mol. The summed E-state index contributed by atoms with van der Waals surface area (Å²) in [6.07, 6.45) is 0. The molecule has 4 heavy (non-hydrogen) atoms. The molecule has 0 unspecified atom stereocenters. The Hall–Kier alpha value is 0.480. The van der Waals surface area contributed by atoms with Crippen molar-refractivity contribution < 1.29 is 1.37 Å². The summed E-state index contributed by atoms with van der Waals surface area (Å²) in [5.74, 6) is 0. The van der Waals surface area contributed by atoms with Gasteiger partial charge in [0, 0.05) is 1.37 Å². The first-order chi connectivity index (χ1) is 2.41. The van der Waals surface area contributed by atoms with E-state index in [1.54, 1.807) is 0 Å². The molecule has 0 amide bonds. The van der Waals surface area contributed by atoms with Crippen molar-refractivity contribution in [3.8, 4) is 0 Å². The summed E-state index contributed by atoms with van der Waals surface area (Å²) in [6, 6.07) is 0. The van der Waals surface area contributed by atoms with Crippen LogP contribution in [0.15, 0.2) is 0 Å². The third-order valence-corrected chi connectivity index (χ3v) is 0.581. The van der Waals surface area contributed by atoms with E-state index in [0.717, 1.165) is 0 Å². The van der Waals surface area contributed by atoms with Crippen LogP contribution in [0.3, 0.4) is 0 Å². The maximum absolute atomic E-state index is 6.42. The smallest absolute Gasteiger partial charge is 0.0582 e. The van der Waals surface area contributed by atoms with Crippen LogP contribution < -0.4 is 5.09 Å². The highest BCUT2D eigenvalue weighted by atomic mass is 32.4. The summed E-state index contributed by atoms with van der Waals surface area (Å²) in [5, 5.41) is 2.56. The molecule has 0 saturated heterocycles. The van der Waals surface area contributed by atoms with Crippen LogP contribution >= 0.6 is 7.51 Å². The first kappa shape index (κ1) is 2.70. The van der Waals surface area contributed by atoms with Gasteiger partial charge in [-0.1, -0.05) is 0 Å². The molecule has 1 nitrogen and oxygen atoms in total. The zero-order valence-corrected chi connectivity index (χ0v) is 3.77. The van der Waals surface area contributed by atoms with Gasteiger partial charge in [-0.15, -0.1) is 0 Å². The van der Waals surface area contributed by atoms with E-state index in [1.807, 2.05) is 0 Å². The first-order valence-corrected chi connectivity index (χ1v) is 2.67. The fourth-order valence-corrected chi connectivity index (χ4v) is 0. The Labute approximate surface area is 33.7 Å². The largest absolute Gasteiger partial charge is 0.265 e. The fraction of sp³-hybridized carbons (Fsp3) is 1.00. The third kappa shape index (κ3) is 2.48. The molecule has 0 radical (unpaired) electrons. The Kier molecular flexibility index (Phi) is 2.35. The molecular weight excluding hydrogens is 89.1 g/mol. The van der Waals surface area contributed by atoms with Crippen LogP contribution in [0.4, 0.5) is 0 Å². The second kappa shape index (κ2) is 3.48. The molecule has 0 aromatic heterocycles. The molecule has 24 valence electrons. The van der Waals surface area contributed by atoms with Crippen LogP contribution in [0, 0.1) is 0 Å². The molecule has 0 heterocycles. The van der Waals surface area contributed by atoms with Crippen molar-refractivity contribution in [2.75, 3.05) is 7.02 Å². The summed E-state index contributed by atoms with van der Waals surface area (Å²) >= 11 is 4.39. The van der Waals surface area contributed by atoms with E-state index < -0.39 is 0 Å². The highest BCUT2D eigenvalue weighted by Crippen LogP contribution is 1.69. The summed E-state index contributed by atoms with van der Waals surface area (Å²) in [5.41, 5.74) is 0. The van der Waals surface area contributed by atoms with Gasteiger partial charge in [0.15, 0.2) is 0 Å². The Morgan fingerprint density at radius 3 is 3.25 bits per heavy atom. The van der Waals surface area contributed by atoms with Crippen LogP contribution in [-0.2, 0) is 11.8 Å². The van der Waals surface area contributed by atoms with E-state index in [1.165, 1.54) is 0 Å². The molecule has 0 fully saturated rings. The maximum Gasteiger partial charge on any atom is 0.0582 e. The van der Waals surface area contributed by atoms with E-state index in [9.17, 15) is 0 Å². The van der Waals surface area contributed by atoms with Gasteiger partial charge in [0.05, 0.1) is 7.51 Å². The Bertz CT molecular complexity index is 32.8. The minimum Gasteiger partial charge on any atom is -0.265 e. The molecule has 1 N–H and O–H groups in total. The Morgan fingerprint density at radius 1 is 2.50 bits per heavy atom. The van der Waals surface area contributed by atoms with Gasteiger partial charge < -0.3 is 0 Å². The molecule has 0 spiro atoms. The predicted octanol–water partition coefficient (Wildman–Crippen LogP) is 0.529. The van der Waals surface area contributed by atoms with Gasteiger partial charge in [-0.25, -0.2) is 0 Å². The molecule has 0 rings (SSSR count). The van der Waals surface area contributed by atoms with E-state index in [0.29, 0.717) is 7.51 Å². The molecular formula is CH4NPS. The average molecular weight is 94.1 g/mol. The lowest BCUT2D eigenvalue weighted by Crippen LogP contribution is -1.77. The van der Waals surface area contributed by atoms with E-state index in [4.69, 9.17) is 1.37 Å². The lowest BCUT2D eigenvalue weighted by molar-refractivity contribution is 1.30. The van der Waals surface area contributed by atoms with Crippen LogP contribution in [0.5, 0.6) is 0 Å². The van der Waals surface area contributed by atoms with Gasteiger partial charge in [-0.2, -0.15) is 0 Å². The van der Waals surface area contributed by atoms with Crippen molar-refractivity contribution in [3.63, 3.8) is 0 Å². The van der Waals surface area contributed by atoms with Crippen molar-refractivity contribution in [1.82, 2.24) is 5.09 Å². The standard InChI is InChI=1S/CH4NPS/c1-2-3-4/h1H3,(H,2,4)/i1D. The number of nitrogens with one attached hydrogen (secondary N) is 1. The van der Waals surface area contributed by atoms with Crippen molar-refractivity contribution in [2.45, 2.75) is 0 Å². The zero-order chi connectivity index (χ0) is 4.12. The molecule has 0 bridgehead atoms. The zero-order valence-electron chi connectivity index (χ0n) is 3.06. The molecule has 0 aromatic carbocycles. The van der Waals surface area contributed by atoms with Crippen LogP contribution in [0.1, 0.15) is 1.37 Å². The highest BCUT2D eigenvalue weighted by Gasteiger charge is 1.42. The monoisotopic (exact) mass is 94.0 g/mol. The quantitative estimate of drug-likeness (QED) is 0.475. The van der Waals surface area contributed by atoms with Crippen molar-refractivity contribution in [2.24, 2.45) is 0 Å². The fourth-order valence-electron chi connectivity index (χ4n) is 0. The Balaban J connectivity index is 2.40. The van der Waals surface area contributed by atoms with Crippen molar-refractivity contribution >= 4 is 19.3 Å². The minimum absolute atomic E-state index is 0.227. The molecule has 0 saturated carbocycles. The number of hydrogen-bond acceptors (Lipinski definition) is 1. The van der Waals surface area contributed by atoms with Gasteiger partial charge in [0.2, 0.25) is 0 Å². The molecule has 0 aromatic rings. The molecule has 0 aliphatic rings. The summed E-state index contributed by atoms with van der Waals surface area (Å²) in [7, 11) is 0.903. The number of rotatable bonds is 1. The molecule has 3 heteroatoms. The van der Waals surface area contributed by atoms with Gasteiger partial charge in [-0.3, -0.25) is 5.09 Å². The molecule has 0 aliphatic heterocycles. The van der Waals surface area contributed by atoms with Gasteiger partial charge in [-0.05, 0) is 18.8 Å². The highest BCUT2D eigenvalue weighted by molar-refractivity contribution is 7.95. The lowest BCUT2D eigenvalue weighted by atomic mass is 11.6. The lowest BCUT2D eigenvalue weighted by Gasteiger charge is -1.62. The maximum atomic E-state index is 6.42. The van der Waals surface area contributed by atoms with Crippen LogP contribution in [-0.4, -0.2) is 7.02 Å². The first-order valence-electron chi connectivity index (χ1n) is 1.47. The summed E-state index contributed by atoms with van der Waals surface area (Å²) < 4.78 is 6.42. The second-order valence-corrected chi connectivity index (χ2v) is 1.30. The van der Waals surface area contributed by atoms with E-state index in [-0.39, 0.29) is 7.02 Å². The Morgan fingerprint density at radius 2 is 3.25 bits per heavy atom. The van der Waals surface area contributed by atoms with Crippen LogP contribution in [0.2, 0.25) is 0 Å². The molecule has 0 aliphatic carbocycles. The van der Waals surface area contributed by atoms with Crippen molar-refractivity contribution in [1.29, 1.82) is 0 Å². The third-order valence-electron chi connectivity index (χ3n) is 0.0645. The topological polar surface area (TPSA) is 12.0 Å². The second-order valence-electron chi connectivity index (χ2n) is 0.249. The average Bonchev–Trinajstić information content (AvgIpc) is 1.41. The van der Waals surface area contributed by atoms with E-state index >= 15 is 0 Å². The summed E-state index contributed by atoms with van der Waals surface area (Å²) in [6.45, 7) is 0. The molecule has 0 atom stereocenters. The van der Waals surface area contributed by atoms with Gasteiger partial charge >= 0.3 is 0 Å². The van der Waals surface area contributed by atoms with Gasteiger partial charge in [0.1, 0.15) is 0 Å². The minimum atomic E-state index is 0.227. The summed E-state index contributed by atoms with van der Waals surface area (Å²) in [4.78, 5) is 0. The normalized spacial score (nSPS) is 11.5. The van der Waals surface area contributed by atoms with Gasteiger partial charge in [0.25, 0.3) is 0 Å². The van der Waals surface area contributed by atoms with Crippen molar-refractivity contribution in [3.05, 3.63) is 0 Å². The van der Waals surface area contributed by atoms with Crippen LogP contribution in [0.25, 0.3) is 0 Å². The SMILES string of the molecule is [2H]CNP=S. The number of hydrogen-bond donors (Lipinski definition) is 1.